The first-order valence-electron chi connectivity index (χ1n) is 41.8. The normalized spacial score (nSPS) is 14.7. The minimum absolute atomic E-state index is 0.0590. The van der Waals surface area contributed by atoms with Crippen molar-refractivity contribution in [2.75, 3.05) is 39.6 Å². The van der Waals surface area contributed by atoms with E-state index in [4.69, 9.17) is 32.3 Å². The lowest BCUT2D eigenvalue weighted by Gasteiger charge is -2.21. The average Bonchev–Trinajstić information content (AvgIpc) is 0.942. The summed E-state index contributed by atoms with van der Waals surface area (Å²) in [6.07, 6.45) is 101. The Balaban J connectivity index is 4.66. The zero-order valence-corrected chi connectivity index (χ0v) is 68.8. The van der Waals surface area contributed by atoms with E-state index < -0.39 is 91.5 Å². The van der Waals surface area contributed by atoms with E-state index in [9.17, 15) is 43.5 Å². The fourth-order valence-electron chi connectivity index (χ4n) is 10.9. The summed E-state index contributed by atoms with van der Waals surface area (Å²) in [5.41, 5.74) is 0. The lowest BCUT2D eigenvalue weighted by molar-refractivity contribution is -0.161. The van der Waals surface area contributed by atoms with Crippen LogP contribution in [0.5, 0.6) is 0 Å². The second-order valence-corrected chi connectivity index (χ2v) is 30.4. The fourth-order valence-corrected chi connectivity index (χ4v) is 12.4. The van der Waals surface area contributed by atoms with Crippen molar-refractivity contribution in [3.63, 3.8) is 0 Å². The Bertz CT molecular complexity index is 2580. The van der Waals surface area contributed by atoms with Crippen molar-refractivity contribution < 1.29 is 75.8 Å². The molecule has 0 fully saturated rings. The standard InChI is InChI=1S/C89H150O16P2/c1-4-7-10-13-16-19-22-25-28-31-34-36-38-40-41-43-45-46-49-51-54-57-60-63-66-69-72-75-87(92)99-78-84(90)79-101-106(95,96)102-80-85(91)81-103-107(97,98)104-83-86(105-89(94)77-74-71-68-65-62-59-56-53-48-33-30-27-24-21-18-15-12-9-6-3)82-100-88(93)76-73-70-67-64-61-58-55-52-50-47-44-42-39-37-35-32-29-26-23-20-17-14-11-8-5-2/h9,12,16-21,25-30,34-37,40-42,44,48,53,59,62,84-86,90-91H,4-8,10-11,13-15,22-24,31-33,38-39,43,45-47,49-52,54-58,60-61,63-83H2,1-3H3,(H,95,96)(H,97,98)/b12-9-,19-16-,20-17-,21-18-,28-25-,29-26-,30-27-,36-34-,37-35-,41-40-,44-42-,53-48-,62-59-. The molecule has 5 unspecified atom stereocenters. The number of esters is 3. The summed E-state index contributed by atoms with van der Waals surface area (Å²) in [6, 6.07) is 0. The molecule has 107 heavy (non-hydrogen) atoms. The third kappa shape index (κ3) is 82.0. The lowest BCUT2D eigenvalue weighted by atomic mass is 10.0. The molecule has 0 aromatic rings. The molecule has 0 heterocycles. The second kappa shape index (κ2) is 80.7. The van der Waals surface area contributed by atoms with E-state index in [1.54, 1.807) is 0 Å². The SMILES string of the molecule is CC/C=C\C/C=C\C/C=C\C/C=C\C/C=C\CCCCCC(=O)OC(COC(=O)CCCCCCCCCCC/C=C\C/C=C\C/C=C\C/C=C\CCCCC)COP(=O)(O)OCC(O)COP(=O)(O)OCC(O)COC(=O)CCCCCCCCCCCCC/C=C\C/C=C\C/C=C\C/C=C\CCCCC. The Kier molecular flexibility index (Phi) is 77.0. The van der Waals surface area contributed by atoms with Crippen molar-refractivity contribution in [2.45, 2.75) is 347 Å². The fraction of sp³-hybridized carbons (Fsp3) is 0.674. The molecule has 16 nitrogen and oxygen atoms in total. The van der Waals surface area contributed by atoms with Gasteiger partial charge in [0.15, 0.2) is 6.10 Å². The number of unbranched alkanes of at least 4 members (excludes halogenated alkanes) is 29. The first kappa shape index (κ1) is 102. The van der Waals surface area contributed by atoms with Gasteiger partial charge in [0.05, 0.1) is 26.4 Å². The highest BCUT2D eigenvalue weighted by molar-refractivity contribution is 7.47. The van der Waals surface area contributed by atoms with Gasteiger partial charge in [0.2, 0.25) is 0 Å². The average molecular weight is 1540 g/mol. The molecule has 0 saturated carbocycles. The van der Waals surface area contributed by atoms with Crippen molar-refractivity contribution in [2.24, 2.45) is 0 Å². The Morgan fingerprint density at radius 2 is 0.495 bits per heavy atom. The highest BCUT2D eigenvalue weighted by Crippen LogP contribution is 2.45. The van der Waals surface area contributed by atoms with Crippen LogP contribution in [-0.2, 0) is 55.8 Å². The van der Waals surface area contributed by atoms with Gasteiger partial charge < -0.3 is 34.2 Å². The molecule has 0 aromatic carbocycles. The van der Waals surface area contributed by atoms with Crippen LogP contribution in [-0.4, -0.2) is 95.9 Å². The van der Waals surface area contributed by atoms with E-state index in [0.717, 1.165) is 148 Å². The van der Waals surface area contributed by atoms with Gasteiger partial charge >= 0.3 is 33.6 Å². The first-order chi connectivity index (χ1) is 52.2. The Hall–Kier alpha value is -4.83. The largest absolute Gasteiger partial charge is 0.472 e. The van der Waals surface area contributed by atoms with E-state index in [-0.39, 0.29) is 19.3 Å². The number of hydrogen-bond donors (Lipinski definition) is 4. The third-order valence-corrected chi connectivity index (χ3v) is 19.1. The predicted molar refractivity (Wildman–Crippen MR) is 445 cm³/mol. The van der Waals surface area contributed by atoms with Crippen molar-refractivity contribution in [1.29, 1.82) is 0 Å². The molecule has 0 aromatic heterocycles. The first-order valence-corrected chi connectivity index (χ1v) is 44.8. The van der Waals surface area contributed by atoms with Crippen molar-refractivity contribution in [1.82, 2.24) is 0 Å². The maximum absolute atomic E-state index is 13.0. The number of phosphoric acid groups is 2. The Labute approximate surface area is 650 Å². The highest BCUT2D eigenvalue weighted by Gasteiger charge is 2.29. The molecular formula is C89H150O16P2. The number of hydrogen-bond acceptors (Lipinski definition) is 14. The van der Waals surface area contributed by atoms with E-state index in [1.807, 2.05) is 0 Å². The number of phosphoric ester groups is 2. The van der Waals surface area contributed by atoms with Crippen LogP contribution in [0.15, 0.2) is 158 Å². The van der Waals surface area contributed by atoms with Gasteiger partial charge in [-0.25, -0.2) is 9.13 Å². The monoisotopic (exact) mass is 1540 g/mol. The van der Waals surface area contributed by atoms with Crippen LogP contribution in [0.4, 0.5) is 0 Å². The molecule has 0 aliphatic rings. The van der Waals surface area contributed by atoms with Crippen LogP contribution in [0.1, 0.15) is 329 Å². The predicted octanol–water partition coefficient (Wildman–Crippen LogP) is 25.0. The zero-order valence-electron chi connectivity index (χ0n) is 67.0. The minimum Gasteiger partial charge on any atom is -0.463 e. The van der Waals surface area contributed by atoms with Gasteiger partial charge in [0, 0.05) is 19.3 Å². The molecule has 0 aliphatic carbocycles. The molecule has 0 rings (SSSR count). The van der Waals surface area contributed by atoms with Gasteiger partial charge in [-0.05, 0) is 154 Å². The molecule has 0 radical (unpaired) electrons. The molecule has 18 heteroatoms. The summed E-state index contributed by atoms with van der Waals surface area (Å²) < 4.78 is 61.3. The maximum Gasteiger partial charge on any atom is 0.472 e. The molecule has 0 amide bonds. The van der Waals surface area contributed by atoms with Gasteiger partial charge in [-0.15, -0.1) is 0 Å². The Morgan fingerprint density at radius 1 is 0.271 bits per heavy atom. The second-order valence-electron chi connectivity index (χ2n) is 27.5. The summed E-state index contributed by atoms with van der Waals surface area (Å²) >= 11 is 0. The van der Waals surface area contributed by atoms with Crippen LogP contribution < -0.4 is 0 Å². The molecule has 0 spiro atoms. The molecule has 0 bridgehead atoms. The van der Waals surface area contributed by atoms with Gasteiger partial charge in [-0.1, -0.05) is 314 Å². The number of allylic oxidation sites excluding steroid dienone is 26. The van der Waals surface area contributed by atoms with Crippen molar-refractivity contribution in [3.8, 4) is 0 Å². The topological polar surface area (TPSA) is 231 Å². The van der Waals surface area contributed by atoms with Gasteiger partial charge in [-0.2, -0.15) is 0 Å². The highest BCUT2D eigenvalue weighted by atomic mass is 31.2. The summed E-state index contributed by atoms with van der Waals surface area (Å²) in [5.74, 6) is -1.62. The molecule has 0 saturated heterocycles. The quantitative estimate of drug-likeness (QED) is 0.0146. The van der Waals surface area contributed by atoms with E-state index in [2.05, 4.69) is 179 Å². The molecule has 5 atom stereocenters. The Morgan fingerprint density at radius 3 is 0.794 bits per heavy atom. The molecule has 4 N–H and O–H groups in total. The number of ether oxygens (including phenoxy) is 3. The smallest absolute Gasteiger partial charge is 0.463 e. The molecule has 612 valence electrons. The number of aliphatic hydroxyl groups excluding tert-OH is 2. The lowest BCUT2D eigenvalue weighted by Crippen LogP contribution is -2.30. The summed E-state index contributed by atoms with van der Waals surface area (Å²) in [4.78, 5) is 58.8. The molecular weight excluding hydrogens is 1390 g/mol. The van der Waals surface area contributed by atoms with Crippen LogP contribution >= 0.6 is 15.6 Å². The van der Waals surface area contributed by atoms with Gasteiger partial charge in [0.1, 0.15) is 25.4 Å². The zero-order chi connectivity index (χ0) is 78.0. The number of carbonyl (C=O) groups excluding carboxylic acids is 3. The van der Waals surface area contributed by atoms with Crippen molar-refractivity contribution in [3.05, 3.63) is 158 Å². The van der Waals surface area contributed by atoms with Gasteiger partial charge in [0.25, 0.3) is 0 Å². The minimum atomic E-state index is -4.95. The summed E-state index contributed by atoms with van der Waals surface area (Å²) in [5, 5.41) is 20.7. The van der Waals surface area contributed by atoms with Gasteiger partial charge in [-0.3, -0.25) is 32.5 Å². The van der Waals surface area contributed by atoms with E-state index in [0.29, 0.717) is 19.3 Å². The van der Waals surface area contributed by atoms with E-state index in [1.165, 1.54) is 122 Å². The van der Waals surface area contributed by atoms with Crippen LogP contribution in [0.3, 0.4) is 0 Å². The van der Waals surface area contributed by atoms with Crippen LogP contribution in [0, 0.1) is 0 Å². The van der Waals surface area contributed by atoms with Crippen LogP contribution in [0.25, 0.3) is 0 Å². The number of aliphatic hydroxyl groups is 2. The molecule has 0 aliphatic heterocycles. The van der Waals surface area contributed by atoms with Crippen molar-refractivity contribution >= 4 is 33.6 Å². The van der Waals surface area contributed by atoms with E-state index >= 15 is 0 Å². The maximum atomic E-state index is 13.0. The van der Waals surface area contributed by atoms with Crippen LogP contribution in [0.2, 0.25) is 0 Å². The summed E-state index contributed by atoms with van der Waals surface area (Å²) in [6.45, 7) is 2.47. The number of rotatable bonds is 78. The summed E-state index contributed by atoms with van der Waals surface area (Å²) in [7, 11) is -9.82. The third-order valence-electron chi connectivity index (χ3n) is 17.2. The number of carbonyl (C=O) groups is 3.